The Balaban J connectivity index is 2.98. The lowest BCUT2D eigenvalue weighted by Gasteiger charge is -2.07. The number of halogens is 3. The van der Waals surface area contributed by atoms with Crippen LogP contribution in [0.1, 0.15) is 0 Å². The van der Waals surface area contributed by atoms with Crippen molar-refractivity contribution in [2.45, 2.75) is 0 Å². The number of alkyl halides is 1. The van der Waals surface area contributed by atoms with Crippen molar-refractivity contribution in [2.75, 3.05) is 18.3 Å². The third kappa shape index (κ3) is 2.79. The Hall–Kier alpha value is -1.36. The molecular formula is C9H8ClF2NO2. The van der Waals surface area contributed by atoms with Gasteiger partial charge in [-0.25, -0.2) is 8.78 Å². The summed E-state index contributed by atoms with van der Waals surface area (Å²) in [6.45, 7) is 0. The van der Waals surface area contributed by atoms with Crippen molar-refractivity contribution in [3.05, 3.63) is 23.8 Å². The van der Waals surface area contributed by atoms with Gasteiger partial charge >= 0.3 is 0 Å². The molecule has 0 unspecified atom stereocenters. The number of hydrogen-bond donors (Lipinski definition) is 1. The second-order valence-electron chi connectivity index (χ2n) is 2.65. The summed E-state index contributed by atoms with van der Waals surface area (Å²) in [5.74, 6) is -3.08. The minimum absolute atomic E-state index is 0.00329. The highest BCUT2D eigenvalue weighted by molar-refractivity contribution is 6.29. The summed E-state index contributed by atoms with van der Waals surface area (Å²) in [7, 11) is 1.15. The Bertz CT molecular complexity index is 361. The van der Waals surface area contributed by atoms with Gasteiger partial charge in [0.2, 0.25) is 5.91 Å². The molecule has 0 aliphatic carbocycles. The van der Waals surface area contributed by atoms with Gasteiger partial charge in [-0.05, 0) is 0 Å². The van der Waals surface area contributed by atoms with Crippen LogP contribution in [0.4, 0.5) is 14.5 Å². The maximum atomic E-state index is 13.1. The normalized spacial score (nSPS) is 9.87. The summed E-state index contributed by atoms with van der Waals surface area (Å²) in [5.41, 5.74) is -0.00329. The first kappa shape index (κ1) is 11.7. The van der Waals surface area contributed by atoms with Gasteiger partial charge < -0.3 is 10.1 Å². The van der Waals surface area contributed by atoms with Gasteiger partial charge in [-0.3, -0.25) is 4.79 Å². The lowest BCUT2D eigenvalue weighted by molar-refractivity contribution is -0.113. The third-order valence-electron chi connectivity index (χ3n) is 1.61. The molecule has 0 saturated heterocycles. The van der Waals surface area contributed by atoms with Gasteiger partial charge in [-0.1, -0.05) is 0 Å². The number of rotatable bonds is 3. The molecule has 1 rings (SSSR count). The Morgan fingerprint density at radius 3 is 2.40 bits per heavy atom. The van der Waals surface area contributed by atoms with Gasteiger partial charge in [0.25, 0.3) is 0 Å². The van der Waals surface area contributed by atoms with Gasteiger partial charge in [0, 0.05) is 17.8 Å². The molecule has 0 radical (unpaired) electrons. The van der Waals surface area contributed by atoms with Crippen LogP contribution in [0.2, 0.25) is 0 Å². The molecule has 0 aliphatic rings. The summed E-state index contributed by atoms with van der Waals surface area (Å²) in [4.78, 5) is 10.8. The molecule has 1 aromatic carbocycles. The van der Waals surface area contributed by atoms with E-state index < -0.39 is 23.3 Å². The van der Waals surface area contributed by atoms with Gasteiger partial charge in [-0.15, -0.1) is 11.6 Å². The average molecular weight is 236 g/mol. The molecule has 6 heteroatoms. The van der Waals surface area contributed by atoms with Crippen LogP contribution < -0.4 is 10.1 Å². The van der Waals surface area contributed by atoms with E-state index in [4.69, 9.17) is 11.6 Å². The van der Waals surface area contributed by atoms with Crippen molar-refractivity contribution in [1.82, 2.24) is 0 Å². The monoisotopic (exact) mass is 235 g/mol. The summed E-state index contributed by atoms with van der Waals surface area (Å²) in [6, 6.07) is 1.90. The van der Waals surface area contributed by atoms with E-state index in [-0.39, 0.29) is 11.6 Å². The summed E-state index contributed by atoms with van der Waals surface area (Å²) in [6.07, 6.45) is 0. The van der Waals surface area contributed by atoms with Crippen molar-refractivity contribution >= 4 is 23.2 Å². The first-order chi connectivity index (χ1) is 7.08. The number of carbonyl (C=O) groups excluding carboxylic acids is 1. The second-order valence-corrected chi connectivity index (χ2v) is 2.92. The maximum Gasteiger partial charge on any atom is 0.239 e. The Kier molecular flexibility index (Phi) is 3.85. The van der Waals surface area contributed by atoms with E-state index >= 15 is 0 Å². The molecule has 1 N–H and O–H groups in total. The quantitative estimate of drug-likeness (QED) is 0.816. The molecule has 3 nitrogen and oxygen atoms in total. The summed E-state index contributed by atoms with van der Waals surface area (Å²) >= 11 is 5.22. The minimum Gasteiger partial charge on any atom is -0.491 e. The molecule has 0 saturated carbocycles. The Labute approximate surface area is 90.0 Å². The van der Waals surface area contributed by atoms with Crippen molar-refractivity contribution in [3.63, 3.8) is 0 Å². The van der Waals surface area contributed by atoms with Crippen molar-refractivity contribution in [3.8, 4) is 5.75 Å². The minimum atomic E-state index is -0.887. The van der Waals surface area contributed by atoms with E-state index in [0.29, 0.717) is 0 Å². The average Bonchev–Trinajstić information content (AvgIpc) is 2.17. The fourth-order valence-corrected chi connectivity index (χ4v) is 1.09. The van der Waals surface area contributed by atoms with Gasteiger partial charge in [0.1, 0.15) is 5.88 Å². The molecule has 0 aromatic heterocycles. The van der Waals surface area contributed by atoms with Gasteiger partial charge in [0.05, 0.1) is 7.11 Å². The highest BCUT2D eigenvalue weighted by Gasteiger charge is 2.12. The van der Waals surface area contributed by atoms with Crippen LogP contribution in [0.25, 0.3) is 0 Å². The van der Waals surface area contributed by atoms with Crippen LogP contribution >= 0.6 is 11.6 Å². The van der Waals surface area contributed by atoms with E-state index in [1.165, 1.54) is 0 Å². The standard InChI is InChI=1S/C9H8ClF2NO2/c1-15-9-6(11)2-5(3-7(9)12)13-8(14)4-10/h2-3H,4H2,1H3,(H,13,14). The topological polar surface area (TPSA) is 38.3 Å². The van der Waals surface area contributed by atoms with Crippen LogP contribution in [0.5, 0.6) is 5.75 Å². The SMILES string of the molecule is COc1c(F)cc(NC(=O)CCl)cc1F. The van der Waals surface area contributed by atoms with Gasteiger partial charge in [-0.2, -0.15) is 0 Å². The summed E-state index contributed by atoms with van der Waals surface area (Å²) < 4.78 is 30.7. The van der Waals surface area contributed by atoms with Crippen molar-refractivity contribution < 1.29 is 18.3 Å². The summed E-state index contributed by atoms with van der Waals surface area (Å²) in [5, 5.41) is 2.22. The number of benzene rings is 1. The molecule has 0 heterocycles. The second kappa shape index (κ2) is 4.93. The predicted octanol–water partition coefficient (Wildman–Crippen LogP) is 2.15. The predicted molar refractivity (Wildman–Crippen MR) is 52.3 cm³/mol. The molecule has 82 valence electrons. The lowest BCUT2D eigenvalue weighted by atomic mass is 10.2. The number of ether oxygens (including phenoxy) is 1. The maximum absolute atomic E-state index is 13.1. The van der Waals surface area contributed by atoms with E-state index in [1.54, 1.807) is 0 Å². The highest BCUT2D eigenvalue weighted by atomic mass is 35.5. The zero-order chi connectivity index (χ0) is 11.4. The molecule has 0 fully saturated rings. The first-order valence-electron chi connectivity index (χ1n) is 3.97. The largest absolute Gasteiger partial charge is 0.491 e. The van der Waals surface area contributed by atoms with E-state index in [0.717, 1.165) is 19.2 Å². The molecule has 0 spiro atoms. The number of amides is 1. The number of carbonyl (C=O) groups is 1. The van der Waals surface area contributed by atoms with Crippen molar-refractivity contribution in [2.24, 2.45) is 0 Å². The third-order valence-corrected chi connectivity index (χ3v) is 1.85. The fourth-order valence-electron chi connectivity index (χ4n) is 1.02. The van der Waals surface area contributed by atoms with Crippen LogP contribution in [0.3, 0.4) is 0 Å². The number of methoxy groups -OCH3 is 1. The Morgan fingerprint density at radius 1 is 1.47 bits per heavy atom. The van der Waals surface area contributed by atoms with Crippen molar-refractivity contribution in [1.29, 1.82) is 0 Å². The zero-order valence-electron chi connectivity index (χ0n) is 7.81. The van der Waals surface area contributed by atoms with Gasteiger partial charge in [0.15, 0.2) is 17.4 Å². The fraction of sp³-hybridized carbons (Fsp3) is 0.222. The van der Waals surface area contributed by atoms with Crippen LogP contribution in [-0.2, 0) is 4.79 Å². The van der Waals surface area contributed by atoms with Crippen LogP contribution in [-0.4, -0.2) is 18.9 Å². The molecule has 0 atom stereocenters. The molecule has 1 aromatic rings. The molecule has 0 aliphatic heterocycles. The lowest BCUT2D eigenvalue weighted by Crippen LogP contribution is -2.13. The van der Waals surface area contributed by atoms with E-state index in [9.17, 15) is 13.6 Å². The molecule has 1 amide bonds. The van der Waals surface area contributed by atoms with Crippen LogP contribution in [0, 0.1) is 11.6 Å². The number of nitrogens with one attached hydrogen (secondary N) is 1. The number of hydrogen-bond acceptors (Lipinski definition) is 2. The highest BCUT2D eigenvalue weighted by Crippen LogP contribution is 2.25. The zero-order valence-corrected chi connectivity index (χ0v) is 8.57. The molecule has 0 bridgehead atoms. The molecule has 15 heavy (non-hydrogen) atoms. The van der Waals surface area contributed by atoms with E-state index in [2.05, 4.69) is 10.1 Å². The number of anilines is 1. The first-order valence-corrected chi connectivity index (χ1v) is 4.50. The smallest absolute Gasteiger partial charge is 0.239 e. The van der Waals surface area contributed by atoms with Crippen LogP contribution in [0.15, 0.2) is 12.1 Å². The Morgan fingerprint density at radius 2 is 2.00 bits per heavy atom. The van der Waals surface area contributed by atoms with E-state index in [1.807, 2.05) is 0 Å². The molecular weight excluding hydrogens is 228 g/mol.